The number of phenols is 1. The van der Waals surface area contributed by atoms with Gasteiger partial charge in [-0.1, -0.05) is 25.4 Å². The molecule has 0 aromatic heterocycles. The molecule has 0 saturated carbocycles. The van der Waals surface area contributed by atoms with E-state index in [0.29, 0.717) is 29.0 Å². The van der Waals surface area contributed by atoms with Gasteiger partial charge in [0.05, 0.1) is 6.54 Å². The topological polar surface area (TPSA) is 83.3 Å². The van der Waals surface area contributed by atoms with E-state index in [1.54, 1.807) is 5.01 Å². The summed E-state index contributed by atoms with van der Waals surface area (Å²) in [4.78, 5) is 0.336. The Balaban J connectivity index is 2.24. The van der Waals surface area contributed by atoms with Crippen molar-refractivity contribution in [1.29, 1.82) is 0 Å². The highest BCUT2D eigenvalue weighted by molar-refractivity contribution is 7.90. The van der Waals surface area contributed by atoms with Crippen LogP contribution in [-0.4, -0.2) is 39.9 Å². The molecule has 0 bridgehead atoms. The summed E-state index contributed by atoms with van der Waals surface area (Å²) in [5, 5.41) is 18.9. The third-order valence-corrected chi connectivity index (χ3v) is 4.11. The first-order valence-electron chi connectivity index (χ1n) is 6.87. The number of hydrazone groups is 1. The molecule has 1 aliphatic rings. The van der Waals surface area contributed by atoms with E-state index in [9.17, 15) is 9.66 Å². The average Bonchev–Trinajstić information content (AvgIpc) is 2.77. The molecular formula is C14H19ClN4O2S. The Morgan fingerprint density at radius 3 is 2.82 bits per heavy atom. The highest BCUT2D eigenvalue weighted by Gasteiger charge is 2.29. The van der Waals surface area contributed by atoms with E-state index in [1.807, 2.05) is 13.1 Å². The second-order valence-corrected chi connectivity index (χ2v) is 7.22. The summed E-state index contributed by atoms with van der Waals surface area (Å²) in [6.07, 6.45) is 1.84. The van der Waals surface area contributed by atoms with Crippen molar-refractivity contribution < 1.29 is 9.66 Å². The van der Waals surface area contributed by atoms with Crippen LogP contribution in [0, 0.1) is 5.41 Å². The van der Waals surface area contributed by atoms with Gasteiger partial charge >= 0.3 is 0 Å². The van der Waals surface area contributed by atoms with E-state index in [2.05, 4.69) is 28.7 Å². The van der Waals surface area contributed by atoms with Crippen LogP contribution < -0.4 is 5.32 Å². The van der Waals surface area contributed by atoms with Crippen LogP contribution >= 0.6 is 11.6 Å². The highest BCUT2D eigenvalue weighted by atomic mass is 35.5. The minimum atomic E-state index is -1.69. The Bertz CT molecular complexity index is 586. The molecule has 1 atom stereocenters. The van der Waals surface area contributed by atoms with Crippen LogP contribution in [0.3, 0.4) is 0 Å². The van der Waals surface area contributed by atoms with E-state index >= 15 is 0 Å². The first-order valence-corrected chi connectivity index (χ1v) is 8.36. The molecule has 1 heterocycles. The van der Waals surface area contributed by atoms with Gasteiger partial charge in [-0.15, -0.1) is 0 Å². The number of rotatable bonds is 3. The van der Waals surface area contributed by atoms with Crippen molar-refractivity contribution in [3.8, 4) is 5.75 Å². The Labute approximate surface area is 138 Å². The third kappa shape index (κ3) is 4.28. The molecule has 1 aromatic rings. The van der Waals surface area contributed by atoms with Gasteiger partial charge < -0.3 is 15.0 Å². The van der Waals surface area contributed by atoms with Crippen LogP contribution in [0.25, 0.3) is 0 Å². The maximum absolute atomic E-state index is 12.4. The van der Waals surface area contributed by atoms with Crippen molar-refractivity contribution in [2.45, 2.75) is 25.7 Å². The number of aromatic hydroxyl groups is 1. The summed E-state index contributed by atoms with van der Waals surface area (Å²) in [6.45, 7) is 7.33. The summed E-state index contributed by atoms with van der Waals surface area (Å²) in [5.74, 6) is 0.388. The van der Waals surface area contributed by atoms with E-state index in [4.69, 9.17) is 11.6 Å². The summed E-state index contributed by atoms with van der Waals surface area (Å²) in [5.41, 5.74) is -0.0635. The predicted molar refractivity (Wildman–Crippen MR) is 89.6 cm³/mol. The lowest BCUT2D eigenvalue weighted by molar-refractivity contribution is 0.376. The summed E-state index contributed by atoms with van der Waals surface area (Å²) >= 11 is 4.17. The molecule has 2 rings (SSSR count). The van der Waals surface area contributed by atoms with Gasteiger partial charge in [0.25, 0.3) is 5.96 Å². The molecule has 2 N–H and O–H groups in total. The largest absolute Gasteiger partial charge is 0.586 e. The van der Waals surface area contributed by atoms with Crippen LogP contribution in [0.1, 0.15) is 20.8 Å². The van der Waals surface area contributed by atoms with Crippen molar-refractivity contribution >= 4 is 35.1 Å². The molecule has 1 aromatic carbocycles. The number of hydrogen-bond acceptors (Lipinski definition) is 4. The zero-order valence-electron chi connectivity index (χ0n) is 12.7. The van der Waals surface area contributed by atoms with Crippen LogP contribution in [-0.2, 0) is 11.4 Å². The molecule has 6 nitrogen and oxygen atoms in total. The number of hydrogen-bond donors (Lipinski definition) is 2. The molecule has 8 heteroatoms. The van der Waals surface area contributed by atoms with Gasteiger partial charge in [-0.25, -0.2) is 5.01 Å². The number of nitrogens with one attached hydrogen (secondary N) is 1. The molecule has 120 valence electrons. The average molecular weight is 343 g/mol. The lowest BCUT2D eigenvalue weighted by Gasteiger charge is -2.20. The molecule has 0 aliphatic carbocycles. The summed E-state index contributed by atoms with van der Waals surface area (Å²) < 4.78 is 16.6. The molecule has 0 amide bonds. The van der Waals surface area contributed by atoms with Crippen molar-refractivity contribution in [2.75, 3.05) is 13.1 Å². The molecule has 0 fully saturated rings. The normalized spacial score (nSPS) is 18.6. The third-order valence-electron chi connectivity index (χ3n) is 2.91. The van der Waals surface area contributed by atoms with Crippen LogP contribution in [0.5, 0.6) is 5.75 Å². The van der Waals surface area contributed by atoms with Gasteiger partial charge in [0.1, 0.15) is 17.1 Å². The first kappa shape index (κ1) is 16.9. The molecule has 0 spiro atoms. The minimum absolute atomic E-state index is 0.0450. The molecule has 22 heavy (non-hydrogen) atoms. The lowest BCUT2D eigenvalue weighted by Crippen LogP contribution is -2.39. The molecule has 0 radical (unpaired) electrons. The zero-order valence-corrected chi connectivity index (χ0v) is 14.3. The van der Waals surface area contributed by atoms with E-state index in [1.165, 1.54) is 18.2 Å². The Kier molecular flexibility index (Phi) is 5.20. The highest BCUT2D eigenvalue weighted by Crippen LogP contribution is 2.25. The van der Waals surface area contributed by atoms with Gasteiger partial charge in [0.2, 0.25) is 0 Å². The minimum Gasteiger partial charge on any atom is -0.586 e. The second-order valence-electron chi connectivity index (χ2n) is 5.63. The first-order chi connectivity index (χ1) is 10.3. The number of benzene rings is 1. The van der Waals surface area contributed by atoms with Crippen molar-refractivity contribution in [1.82, 2.24) is 10.3 Å². The fraction of sp³-hybridized carbons (Fsp3) is 0.429. The van der Waals surface area contributed by atoms with Crippen LogP contribution in [0.2, 0.25) is 5.02 Å². The monoisotopic (exact) mass is 342 g/mol. The van der Waals surface area contributed by atoms with Gasteiger partial charge in [0, 0.05) is 35.3 Å². The number of guanidine groups is 1. The molecular weight excluding hydrogens is 324 g/mol. The van der Waals surface area contributed by atoms with Gasteiger partial charge in [-0.3, -0.25) is 0 Å². The van der Waals surface area contributed by atoms with E-state index in [-0.39, 0.29) is 11.2 Å². The molecule has 1 aliphatic heterocycles. The maximum atomic E-state index is 12.4. The Hall–Kier alpha value is -1.44. The van der Waals surface area contributed by atoms with Crippen LogP contribution in [0.4, 0.5) is 0 Å². The standard InChI is InChI=1S/C14H19ClN4O2S/c1-4-16-13(19-9-14(2,3)8-17-19)18-22(21)12-6-10(15)5-11(20)7-12/h5-8,20H,4,9H2,1-3H3,(H,16,18). The summed E-state index contributed by atoms with van der Waals surface area (Å²) in [7, 11) is 0. The van der Waals surface area contributed by atoms with Gasteiger partial charge in [-0.05, 0) is 17.4 Å². The van der Waals surface area contributed by atoms with Gasteiger partial charge in [-0.2, -0.15) is 5.10 Å². The number of nitrogens with zero attached hydrogens (tertiary/aromatic N) is 3. The smallest absolute Gasteiger partial charge is 0.269 e. The molecule has 0 saturated heterocycles. The number of phenolic OH excluding ortho intramolecular Hbond substituents is 1. The maximum Gasteiger partial charge on any atom is 0.269 e. The lowest BCUT2D eigenvalue weighted by atomic mass is 9.97. The van der Waals surface area contributed by atoms with Crippen LogP contribution in [0.15, 0.2) is 32.6 Å². The Morgan fingerprint density at radius 2 is 2.27 bits per heavy atom. The van der Waals surface area contributed by atoms with Crippen molar-refractivity contribution in [3.05, 3.63) is 23.2 Å². The number of halogens is 1. The summed E-state index contributed by atoms with van der Waals surface area (Å²) in [6, 6.07) is 4.28. The van der Waals surface area contributed by atoms with Crippen molar-refractivity contribution in [3.63, 3.8) is 0 Å². The fourth-order valence-electron chi connectivity index (χ4n) is 1.93. The molecule has 1 unspecified atom stereocenters. The van der Waals surface area contributed by atoms with E-state index in [0.717, 1.165) is 0 Å². The fourth-order valence-corrected chi connectivity index (χ4v) is 3.10. The quantitative estimate of drug-likeness (QED) is 0.502. The predicted octanol–water partition coefficient (Wildman–Crippen LogP) is 2.36. The second kappa shape index (κ2) is 6.76. The van der Waals surface area contributed by atoms with Crippen molar-refractivity contribution in [2.24, 2.45) is 14.9 Å². The SMILES string of the molecule is CCN/C(=N\[S+]([O-])c1cc(O)cc(Cl)c1)N1CC(C)(C)C=N1. The van der Waals surface area contributed by atoms with Gasteiger partial charge in [0.15, 0.2) is 4.90 Å². The Morgan fingerprint density at radius 1 is 1.55 bits per heavy atom. The zero-order chi connectivity index (χ0) is 16.3. The van der Waals surface area contributed by atoms with E-state index < -0.39 is 11.4 Å².